The van der Waals surface area contributed by atoms with Crippen molar-refractivity contribution in [2.45, 2.75) is 393 Å². The van der Waals surface area contributed by atoms with Crippen molar-refractivity contribution < 1.29 is 28.6 Å². The number of hydrogen-bond donors (Lipinski definition) is 0. The predicted molar refractivity (Wildman–Crippen MR) is 358 cm³/mol. The Morgan fingerprint density at radius 1 is 0.256 bits per heavy atom. The molecule has 0 fully saturated rings. The van der Waals surface area contributed by atoms with Gasteiger partial charge in [0, 0.05) is 19.3 Å². The van der Waals surface area contributed by atoms with Gasteiger partial charge in [-0.15, -0.1) is 0 Å². The monoisotopic (exact) mass is 1150 g/mol. The fourth-order valence-electron chi connectivity index (χ4n) is 10.8. The summed E-state index contributed by atoms with van der Waals surface area (Å²) < 4.78 is 17.0. The molecule has 6 nitrogen and oxygen atoms in total. The van der Waals surface area contributed by atoms with Crippen LogP contribution in [0.4, 0.5) is 0 Å². The Labute approximate surface area is 510 Å². The van der Waals surface area contributed by atoms with E-state index in [1.165, 1.54) is 263 Å². The molecule has 0 aromatic carbocycles. The third-order valence-corrected chi connectivity index (χ3v) is 16.3. The van der Waals surface area contributed by atoms with Crippen molar-refractivity contribution in [3.63, 3.8) is 0 Å². The smallest absolute Gasteiger partial charge is 0.306 e. The molecule has 0 aliphatic rings. The van der Waals surface area contributed by atoms with Crippen LogP contribution in [-0.4, -0.2) is 37.2 Å². The third kappa shape index (κ3) is 67.9. The van der Waals surface area contributed by atoms with Crippen LogP contribution in [0.25, 0.3) is 0 Å². The molecule has 0 amide bonds. The molecular weight excluding hydrogens is 1010 g/mol. The molecule has 82 heavy (non-hydrogen) atoms. The molecule has 0 saturated carbocycles. The minimum absolute atomic E-state index is 0.0710. The summed E-state index contributed by atoms with van der Waals surface area (Å²) >= 11 is 0. The number of carbonyl (C=O) groups excluding carboxylic acids is 3. The molecule has 1 unspecified atom stereocenters. The van der Waals surface area contributed by atoms with Crippen molar-refractivity contribution >= 4 is 17.9 Å². The van der Waals surface area contributed by atoms with Crippen LogP contribution in [0, 0.1) is 0 Å². The lowest BCUT2D eigenvalue weighted by atomic mass is 10.0. The normalized spacial score (nSPS) is 12.4. The van der Waals surface area contributed by atoms with E-state index in [1.54, 1.807) is 0 Å². The second kappa shape index (κ2) is 70.6. The lowest BCUT2D eigenvalue weighted by Gasteiger charge is -2.18. The maximum Gasteiger partial charge on any atom is 0.306 e. The summed E-state index contributed by atoms with van der Waals surface area (Å²) in [4.78, 5) is 38.5. The molecule has 0 aromatic heterocycles. The number of rotatable bonds is 67. The van der Waals surface area contributed by atoms with Gasteiger partial charge in [-0.25, -0.2) is 0 Å². The maximum atomic E-state index is 13.0. The molecule has 0 aliphatic carbocycles. The summed E-state index contributed by atoms with van der Waals surface area (Å²) in [5.74, 6) is -0.848. The number of esters is 3. The van der Waals surface area contributed by atoms with Crippen LogP contribution >= 0.6 is 0 Å². The van der Waals surface area contributed by atoms with E-state index in [2.05, 4.69) is 81.5 Å². The average Bonchev–Trinajstić information content (AvgIpc) is 3.47. The van der Waals surface area contributed by atoms with Gasteiger partial charge in [0.05, 0.1) is 0 Å². The van der Waals surface area contributed by atoms with E-state index in [-0.39, 0.29) is 31.1 Å². The molecule has 0 bridgehead atoms. The zero-order valence-electron chi connectivity index (χ0n) is 55.0. The Morgan fingerprint density at radius 3 is 0.756 bits per heavy atom. The Morgan fingerprint density at radius 2 is 0.476 bits per heavy atom. The van der Waals surface area contributed by atoms with Gasteiger partial charge >= 0.3 is 17.9 Å². The first-order valence-corrected chi connectivity index (χ1v) is 36.3. The van der Waals surface area contributed by atoms with Gasteiger partial charge in [-0.3, -0.25) is 14.4 Å². The number of allylic oxidation sites excluding steroid dienone is 10. The quantitative estimate of drug-likeness (QED) is 0.0261. The van der Waals surface area contributed by atoms with E-state index in [0.717, 1.165) is 83.5 Å². The van der Waals surface area contributed by atoms with E-state index >= 15 is 0 Å². The van der Waals surface area contributed by atoms with Gasteiger partial charge in [0.2, 0.25) is 0 Å². The van der Waals surface area contributed by atoms with E-state index < -0.39 is 6.10 Å². The first-order chi connectivity index (χ1) is 40.5. The molecular formula is C76H138O6. The van der Waals surface area contributed by atoms with Crippen molar-refractivity contribution in [2.75, 3.05) is 13.2 Å². The largest absolute Gasteiger partial charge is 0.462 e. The molecule has 0 rings (SSSR count). The van der Waals surface area contributed by atoms with Crippen LogP contribution in [0.2, 0.25) is 0 Å². The molecule has 478 valence electrons. The maximum absolute atomic E-state index is 13.0. The summed E-state index contributed by atoms with van der Waals surface area (Å²) in [5.41, 5.74) is 0. The first-order valence-electron chi connectivity index (χ1n) is 36.3. The van der Waals surface area contributed by atoms with Crippen LogP contribution < -0.4 is 0 Å². The lowest BCUT2D eigenvalue weighted by molar-refractivity contribution is -0.167. The first kappa shape index (κ1) is 79.1. The number of ether oxygens (including phenoxy) is 3. The van der Waals surface area contributed by atoms with Crippen LogP contribution in [0.1, 0.15) is 387 Å². The number of hydrogen-bond acceptors (Lipinski definition) is 6. The minimum atomic E-state index is -0.776. The van der Waals surface area contributed by atoms with Gasteiger partial charge < -0.3 is 14.2 Å². The fourth-order valence-corrected chi connectivity index (χ4v) is 10.8. The van der Waals surface area contributed by atoms with Gasteiger partial charge in [0.1, 0.15) is 13.2 Å². The predicted octanol–water partition coefficient (Wildman–Crippen LogP) is 25.1. The highest BCUT2D eigenvalue weighted by molar-refractivity contribution is 5.71. The summed E-state index contributed by atoms with van der Waals surface area (Å²) in [6.07, 6.45) is 91.0. The highest BCUT2D eigenvalue weighted by Crippen LogP contribution is 2.18. The van der Waals surface area contributed by atoms with Gasteiger partial charge in [-0.05, 0) is 83.5 Å². The Kier molecular flexibility index (Phi) is 68.1. The third-order valence-electron chi connectivity index (χ3n) is 16.3. The van der Waals surface area contributed by atoms with Crippen molar-refractivity contribution in [2.24, 2.45) is 0 Å². The zero-order valence-corrected chi connectivity index (χ0v) is 55.0. The van der Waals surface area contributed by atoms with Gasteiger partial charge in [0.25, 0.3) is 0 Å². The van der Waals surface area contributed by atoms with Crippen molar-refractivity contribution in [3.05, 3.63) is 60.8 Å². The molecule has 6 heteroatoms. The van der Waals surface area contributed by atoms with E-state index in [4.69, 9.17) is 14.2 Å². The Bertz CT molecular complexity index is 1460. The molecule has 0 aliphatic heterocycles. The molecule has 0 N–H and O–H groups in total. The SMILES string of the molecule is CC/C=C\C/C=C\C/C=C\C/C=C\CCCCCCCCCCCCC(=O)OC(COC(=O)CCCCCCCCCCCCCCC/C=C\CCCCCCCCCC)COC(=O)CCCCCCCCCCCCCCCCCC. The summed E-state index contributed by atoms with van der Waals surface area (Å²) in [5, 5.41) is 0. The van der Waals surface area contributed by atoms with Gasteiger partial charge in [-0.1, -0.05) is 345 Å². The van der Waals surface area contributed by atoms with E-state index in [0.29, 0.717) is 19.3 Å². The summed E-state index contributed by atoms with van der Waals surface area (Å²) in [7, 11) is 0. The second-order valence-corrected chi connectivity index (χ2v) is 24.5. The fraction of sp³-hybridized carbons (Fsp3) is 0.829. The summed E-state index contributed by atoms with van der Waals surface area (Å²) in [6.45, 7) is 6.60. The summed E-state index contributed by atoms with van der Waals surface area (Å²) in [6, 6.07) is 0. The Balaban J connectivity index is 4.30. The average molecular weight is 1150 g/mol. The molecule has 0 heterocycles. The van der Waals surface area contributed by atoms with Crippen molar-refractivity contribution in [3.8, 4) is 0 Å². The van der Waals surface area contributed by atoms with Gasteiger partial charge in [0.15, 0.2) is 6.10 Å². The van der Waals surface area contributed by atoms with E-state index in [9.17, 15) is 14.4 Å². The molecule has 0 saturated heterocycles. The standard InChI is InChI=1S/C76H138O6/c1-4-7-10-13-16-19-22-25-28-31-33-35-37-38-40-41-43-45-48-51-54-57-60-63-66-69-75(78)81-72-73(71-80-74(77)68-65-62-59-56-53-50-47-30-27-24-21-18-15-12-9-6-3)82-76(79)70-67-64-61-58-55-52-49-46-44-42-39-36-34-32-29-26-23-20-17-14-11-8-5-2/h8,11,17,20,26,29,31,33-34,36,73H,4-7,9-10,12-16,18-19,21-25,27-28,30,32,35,37-72H2,1-3H3/b11-8-,20-17-,29-26-,33-31-,36-34-. The van der Waals surface area contributed by atoms with Crippen LogP contribution in [0.15, 0.2) is 60.8 Å². The lowest BCUT2D eigenvalue weighted by Crippen LogP contribution is -2.30. The second-order valence-electron chi connectivity index (χ2n) is 24.5. The number of unbranched alkanes of at least 4 members (excludes halogenated alkanes) is 46. The van der Waals surface area contributed by atoms with Crippen LogP contribution in [-0.2, 0) is 28.6 Å². The van der Waals surface area contributed by atoms with Gasteiger partial charge in [-0.2, -0.15) is 0 Å². The highest BCUT2D eigenvalue weighted by atomic mass is 16.6. The molecule has 0 aromatic rings. The highest BCUT2D eigenvalue weighted by Gasteiger charge is 2.19. The van der Waals surface area contributed by atoms with Crippen LogP contribution in [0.5, 0.6) is 0 Å². The zero-order chi connectivity index (χ0) is 59.2. The molecule has 1 atom stereocenters. The van der Waals surface area contributed by atoms with Crippen LogP contribution in [0.3, 0.4) is 0 Å². The van der Waals surface area contributed by atoms with E-state index in [1.807, 2.05) is 0 Å². The topological polar surface area (TPSA) is 78.9 Å². The molecule has 0 radical (unpaired) electrons. The van der Waals surface area contributed by atoms with Crippen molar-refractivity contribution in [1.82, 2.24) is 0 Å². The van der Waals surface area contributed by atoms with Crippen molar-refractivity contribution in [1.29, 1.82) is 0 Å². The molecule has 0 spiro atoms. The minimum Gasteiger partial charge on any atom is -0.462 e. The number of carbonyl (C=O) groups is 3. The Hall–Kier alpha value is -2.89.